The summed E-state index contributed by atoms with van der Waals surface area (Å²) in [5.74, 6) is 0. The second-order valence-corrected chi connectivity index (χ2v) is 4.62. The van der Waals surface area contributed by atoms with Gasteiger partial charge in [0.05, 0.1) is 16.8 Å². The van der Waals surface area contributed by atoms with Gasteiger partial charge >= 0.3 is 0 Å². The molecule has 5 heteroatoms. The minimum Gasteiger partial charge on any atom is -0.355 e. The summed E-state index contributed by atoms with van der Waals surface area (Å²) in [6.45, 7) is 0.307. The van der Waals surface area contributed by atoms with Gasteiger partial charge in [-0.3, -0.25) is 0 Å². The topological polar surface area (TPSA) is 42.0 Å². The molecule has 0 saturated carbocycles. The minimum atomic E-state index is 0.307. The van der Waals surface area contributed by atoms with Crippen LogP contribution in [0.2, 0.25) is 0 Å². The zero-order valence-electron chi connectivity index (χ0n) is 7.16. The van der Waals surface area contributed by atoms with Crippen molar-refractivity contribution in [1.82, 2.24) is 4.98 Å². The van der Waals surface area contributed by atoms with Gasteiger partial charge in [0.15, 0.2) is 5.13 Å². The number of aromatic nitrogens is 1. The summed E-state index contributed by atoms with van der Waals surface area (Å²) < 4.78 is 2.14. The van der Waals surface area contributed by atoms with Crippen LogP contribution < -0.4 is 5.32 Å². The zero-order chi connectivity index (χ0) is 9.97. The van der Waals surface area contributed by atoms with Gasteiger partial charge in [0, 0.05) is 4.47 Å². The molecule has 0 atom stereocenters. The van der Waals surface area contributed by atoms with Crippen molar-refractivity contribution in [2.24, 2.45) is 0 Å². The fourth-order valence-electron chi connectivity index (χ4n) is 1.10. The molecule has 0 aliphatic carbocycles. The van der Waals surface area contributed by atoms with E-state index in [1.54, 1.807) is 11.3 Å². The standard InChI is InChI=1S/C9H7BrN2OS/c10-6-1-2-7-8(5-6)14-9(12-7)11-3-4-13/h1-2,4-5H,3H2,(H,11,12). The normalized spacial score (nSPS) is 10.4. The third-order valence-corrected chi connectivity index (χ3v) is 3.16. The monoisotopic (exact) mass is 270 g/mol. The minimum absolute atomic E-state index is 0.307. The number of hydrogen-bond acceptors (Lipinski definition) is 4. The molecule has 0 aliphatic rings. The van der Waals surface area contributed by atoms with Crippen molar-refractivity contribution in [1.29, 1.82) is 0 Å². The van der Waals surface area contributed by atoms with Gasteiger partial charge in [-0.05, 0) is 18.2 Å². The van der Waals surface area contributed by atoms with Crippen LogP contribution in [0.3, 0.4) is 0 Å². The first-order valence-electron chi connectivity index (χ1n) is 4.03. The number of nitrogens with one attached hydrogen (secondary N) is 1. The Hall–Kier alpha value is -0.940. The zero-order valence-corrected chi connectivity index (χ0v) is 9.56. The van der Waals surface area contributed by atoms with Crippen LogP contribution in [0.4, 0.5) is 5.13 Å². The molecule has 0 fully saturated rings. The van der Waals surface area contributed by atoms with E-state index in [4.69, 9.17) is 0 Å². The van der Waals surface area contributed by atoms with Crippen molar-refractivity contribution in [3.63, 3.8) is 0 Å². The SMILES string of the molecule is O=CCNc1nc2ccc(Br)cc2s1. The van der Waals surface area contributed by atoms with Gasteiger partial charge in [-0.25, -0.2) is 4.98 Å². The molecule has 0 amide bonds. The lowest BCUT2D eigenvalue weighted by molar-refractivity contribution is -0.106. The third-order valence-electron chi connectivity index (χ3n) is 1.69. The van der Waals surface area contributed by atoms with Crippen molar-refractivity contribution in [2.45, 2.75) is 0 Å². The molecule has 0 unspecified atom stereocenters. The number of rotatable bonds is 3. The predicted molar refractivity (Wildman–Crippen MR) is 61.9 cm³/mol. The molecule has 1 aromatic heterocycles. The maximum atomic E-state index is 10.2. The number of carbonyl (C=O) groups is 1. The number of benzene rings is 1. The Morgan fingerprint density at radius 3 is 3.21 bits per heavy atom. The number of aldehydes is 1. The lowest BCUT2D eigenvalue weighted by Gasteiger charge is -1.91. The highest BCUT2D eigenvalue weighted by molar-refractivity contribution is 9.10. The van der Waals surface area contributed by atoms with Crippen molar-refractivity contribution in [3.05, 3.63) is 22.7 Å². The molecule has 0 aliphatic heterocycles. The number of nitrogens with zero attached hydrogens (tertiary/aromatic N) is 1. The fourth-order valence-corrected chi connectivity index (χ4v) is 2.53. The fraction of sp³-hybridized carbons (Fsp3) is 0.111. The van der Waals surface area contributed by atoms with Gasteiger partial charge in [-0.1, -0.05) is 27.3 Å². The Balaban J connectivity index is 2.36. The molecule has 0 saturated heterocycles. The Morgan fingerprint density at radius 2 is 2.43 bits per heavy atom. The van der Waals surface area contributed by atoms with Gasteiger partial charge in [-0.2, -0.15) is 0 Å². The summed E-state index contributed by atoms with van der Waals surface area (Å²) in [6.07, 6.45) is 0.821. The first-order valence-corrected chi connectivity index (χ1v) is 5.64. The summed E-state index contributed by atoms with van der Waals surface area (Å²) in [4.78, 5) is 14.5. The highest BCUT2D eigenvalue weighted by Gasteiger charge is 2.02. The third kappa shape index (κ3) is 1.93. The molecule has 0 spiro atoms. The molecule has 0 bridgehead atoms. The van der Waals surface area contributed by atoms with E-state index in [1.807, 2.05) is 18.2 Å². The lowest BCUT2D eigenvalue weighted by Crippen LogP contribution is -2.00. The smallest absolute Gasteiger partial charge is 0.184 e. The summed E-state index contributed by atoms with van der Waals surface area (Å²) in [6, 6.07) is 5.91. The Labute approximate surface area is 93.3 Å². The Kier molecular flexibility index (Phi) is 2.79. The number of carbonyl (C=O) groups excluding carboxylic acids is 1. The predicted octanol–water partition coefficient (Wildman–Crippen LogP) is 2.67. The van der Waals surface area contributed by atoms with Gasteiger partial charge in [-0.15, -0.1) is 0 Å². The highest BCUT2D eigenvalue weighted by atomic mass is 79.9. The van der Waals surface area contributed by atoms with Crippen molar-refractivity contribution in [3.8, 4) is 0 Å². The molecule has 0 radical (unpaired) electrons. The van der Waals surface area contributed by atoms with Crippen LogP contribution in [0.25, 0.3) is 10.2 Å². The molecule has 2 rings (SSSR count). The van der Waals surface area contributed by atoms with Crippen LogP contribution in [0.5, 0.6) is 0 Å². The van der Waals surface area contributed by atoms with Crippen LogP contribution in [-0.4, -0.2) is 17.8 Å². The Bertz CT molecular complexity index is 469. The van der Waals surface area contributed by atoms with E-state index < -0.39 is 0 Å². The van der Waals surface area contributed by atoms with Crippen LogP contribution in [0.15, 0.2) is 22.7 Å². The maximum Gasteiger partial charge on any atom is 0.184 e. The molecule has 72 valence electrons. The molecule has 1 aromatic carbocycles. The van der Waals surface area contributed by atoms with Crippen molar-refractivity contribution in [2.75, 3.05) is 11.9 Å². The molecule has 14 heavy (non-hydrogen) atoms. The quantitative estimate of drug-likeness (QED) is 0.873. The van der Waals surface area contributed by atoms with Crippen LogP contribution in [-0.2, 0) is 4.79 Å². The number of halogens is 1. The number of hydrogen-bond donors (Lipinski definition) is 1. The molecular weight excluding hydrogens is 264 g/mol. The first kappa shape index (κ1) is 9.61. The van der Waals surface area contributed by atoms with Gasteiger partial charge < -0.3 is 10.1 Å². The summed E-state index contributed by atoms with van der Waals surface area (Å²) >= 11 is 4.94. The maximum absolute atomic E-state index is 10.2. The van der Waals surface area contributed by atoms with Crippen LogP contribution >= 0.6 is 27.3 Å². The average Bonchev–Trinajstić information content (AvgIpc) is 2.56. The highest BCUT2D eigenvalue weighted by Crippen LogP contribution is 2.28. The van der Waals surface area contributed by atoms with Crippen molar-refractivity contribution < 1.29 is 4.79 Å². The van der Waals surface area contributed by atoms with Gasteiger partial charge in [0.2, 0.25) is 0 Å². The number of anilines is 1. The van der Waals surface area contributed by atoms with Crippen LogP contribution in [0, 0.1) is 0 Å². The van der Waals surface area contributed by atoms with Gasteiger partial charge in [0.1, 0.15) is 6.29 Å². The van der Waals surface area contributed by atoms with E-state index >= 15 is 0 Å². The van der Waals surface area contributed by atoms with E-state index in [-0.39, 0.29) is 0 Å². The van der Waals surface area contributed by atoms with E-state index in [1.165, 1.54) is 0 Å². The summed E-state index contributed by atoms with van der Waals surface area (Å²) in [7, 11) is 0. The molecule has 3 nitrogen and oxygen atoms in total. The second-order valence-electron chi connectivity index (χ2n) is 2.68. The van der Waals surface area contributed by atoms with Crippen LogP contribution in [0.1, 0.15) is 0 Å². The van der Waals surface area contributed by atoms with E-state index in [2.05, 4.69) is 26.2 Å². The van der Waals surface area contributed by atoms with Crippen molar-refractivity contribution >= 4 is 48.9 Å². The lowest BCUT2D eigenvalue weighted by atomic mass is 10.3. The second kappa shape index (κ2) is 4.06. The molecule has 2 aromatic rings. The number of thiazole rings is 1. The van der Waals surface area contributed by atoms with E-state index in [9.17, 15) is 4.79 Å². The largest absolute Gasteiger partial charge is 0.355 e. The van der Waals surface area contributed by atoms with E-state index in [0.717, 1.165) is 26.1 Å². The average molecular weight is 271 g/mol. The summed E-state index contributed by atoms with van der Waals surface area (Å²) in [5, 5.41) is 3.71. The number of fused-ring (bicyclic) bond motifs is 1. The molecule has 1 heterocycles. The van der Waals surface area contributed by atoms with Gasteiger partial charge in [0.25, 0.3) is 0 Å². The summed E-state index contributed by atoms with van der Waals surface area (Å²) in [5.41, 5.74) is 0.951. The molecular formula is C9H7BrN2OS. The first-order chi connectivity index (χ1) is 6.79. The van der Waals surface area contributed by atoms with E-state index in [0.29, 0.717) is 6.54 Å². The Morgan fingerprint density at radius 1 is 1.57 bits per heavy atom. The molecule has 1 N–H and O–H groups in total.